The molecule has 0 spiro atoms. The van der Waals surface area contributed by atoms with Crippen LogP contribution in [-0.4, -0.2) is 98.5 Å². The van der Waals surface area contributed by atoms with E-state index in [1.54, 1.807) is 6.92 Å². The fourth-order valence-electron chi connectivity index (χ4n) is 8.60. The molecule has 1 saturated carbocycles. The van der Waals surface area contributed by atoms with Crippen molar-refractivity contribution in [1.82, 2.24) is 10.2 Å². The van der Waals surface area contributed by atoms with E-state index in [1.807, 2.05) is 53.8 Å². The first kappa shape index (κ1) is 35.4. The molecule has 4 aliphatic rings. The van der Waals surface area contributed by atoms with Crippen LogP contribution >= 0.6 is 0 Å². The SMILES string of the molecule is CC1c2ccc(NC(=O)NC(=O)OCC3c4ccccc4-c4ccccc43)c(O)c2C(O)=C2C(=O)C3(O)C(O)=C(C(N)=O)C(=O)C(N(C)C)C3C(O)C21. The highest BCUT2D eigenvalue weighted by atomic mass is 16.5. The molecule has 0 bridgehead atoms. The Balaban J connectivity index is 1.15. The quantitative estimate of drug-likeness (QED) is 0.140. The van der Waals surface area contributed by atoms with Crippen LogP contribution in [-0.2, 0) is 19.1 Å². The van der Waals surface area contributed by atoms with Gasteiger partial charge in [0.1, 0.15) is 29.4 Å². The second-order valence-electron chi connectivity index (χ2n) is 13.9. The number of rotatable bonds is 5. The molecule has 6 unspecified atom stereocenters. The van der Waals surface area contributed by atoms with Gasteiger partial charge in [0, 0.05) is 17.4 Å². The second kappa shape index (κ2) is 12.6. The predicted molar refractivity (Wildman–Crippen MR) is 188 cm³/mol. The van der Waals surface area contributed by atoms with Crippen molar-refractivity contribution in [2.75, 3.05) is 26.0 Å². The Morgan fingerprint density at radius 1 is 0.925 bits per heavy atom. The third-order valence-corrected chi connectivity index (χ3v) is 10.9. The van der Waals surface area contributed by atoms with E-state index in [2.05, 4.69) is 5.32 Å². The van der Waals surface area contributed by atoms with E-state index < -0.39 is 93.5 Å². The van der Waals surface area contributed by atoms with Crippen LogP contribution in [0.15, 0.2) is 77.6 Å². The van der Waals surface area contributed by atoms with Crippen molar-refractivity contribution in [3.8, 4) is 16.9 Å². The van der Waals surface area contributed by atoms with Crippen LogP contribution in [0.2, 0.25) is 0 Å². The van der Waals surface area contributed by atoms with Gasteiger partial charge in [-0.1, -0.05) is 61.5 Å². The summed E-state index contributed by atoms with van der Waals surface area (Å²) in [7, 11) is 2.83. The molecule has 0 heterocycles. The maximum absolute atomic E-state index is 14.2. The monoisotopic (exact) mass is 724 g/mol. The number of hydrogen-bond donors (Lipinski definition) is 8. The molecular weight excluding hydrogens is 688 g/mol. The van der Waals surface area contributed by atoms with Crippen molar-refractivity contribution in [2.24, 2.45) is 17.6 Å². The molecule has 15 nitrogen and oxygen atoms in total. The number of phenols is 1. The normalized spacial score (nSPS) is 26.0. The number of nitrogens with one attached hydrogen (secondary N) is 2. The first-order chi connectivity index (χ1) is 25.1. The van der Waals surface area contributed by atoms with Gasteiger partial charge >= 0.3 is 12.1 Å². The number of primary amides is 1. The maximum atomic E-state index is 14.2. The summed E-state index contributed by atoms with van der Waals surface area (Å²) in [5.41, 5.74) is 4.25. The minimum atomic E-state index is -3.07. The van der Waals surface area contributed by atoms with Crippen LogP contribution in [0.1, 0.15) is 41.0 Å². The summed E-state index contributed by atoms with van der Waals surface area (Å²) in [6, 6.07) is 15.6. The molecule has 4 amide bonds. The molecule has 6 atom stereocenters. The highest BCUT2D eigenvalue weighted by molar-refractivity contribution is 6.24. The van der Waals surface area contributed by atoms with Crippen molar-refractivity contribution in [3.05, 3.63) is 99.8 Å². The number of Topliss-reactive ketones (excluding diaryl/α,β-unsaturated/α-hetero) is 2. The molecule has 4 aliphatic carbocycles. The number of carbonyl (C=O) groups excluding carboxylic acids is 5. The number of benzene rings is 3. The van der Waals surface area contributed by atoms with Gasteiger partial charge in [-0.05, 0) is 53.9 Å². The van der Waals surface area contributed by atoms with E-state index in [4.69, 9.17) is 10.5 Å². The summed E-state index contributed by atoms with van der Waals surface area (Å²) in [5.74, 6) is -10.8. The number of nitrogens with zero attached hydrogens (tertiary/aromatic N) is 1. The molecule has 0 radical (unpaired) electrons. The number of aromatic hydroxyl groups is 1. The number of fused-ring (bicyclic) bond motifs is 6. The molecule has 1 fully saturated rings. The average Bonchev–Trinajstić information content (AvgIpc) is 3.43. The number of imide groups is 1. The van der Waals surface area contributed by atoms with E-state index in [-0.39, 0.29) is 29.3 Å². The maximum Gasteiger partial charge on any atom is 0.415 e. The van der Waals surface area contributed by atoms with E-state index >= 15 is 0 Å². The first-order valence-corrected chi connectivity index (χ1v) is 16.7. The molecular formula is C38H36N4O11. The van der Waals surface area contributed by atoms with Gasteiger partial charge in [0.2, 0.25) is 5.78 Å². The lowest BCUT2D eigenvalue weighted by atomic mass is 9.54. The molecule has 9 N–H and O–H groups in total. The average molecular weight is 725 g/mol. The zero-order valence-electron chi connectivity index (χ0n) is 28.7. The number of ether oxygens (including phenoxy) is 1. The van der Waals surface area contributed by atoms with Crippen LogP contribution < -0.4 is 16.4 Å². The molecule has 3 aromatic carbocycles. The predicted octanol–water partition coefficient (Wildman–Crippen LogP) is 2.57. The number of urea groups is 1. The summed E-state index contributed by atoms with van der Waals surface area (Å²) >= 11 is 0. The molecule has 7 rings (SSSR count). The number of amides is 4. The highest BCUT2D eigenvalue weighted by Gasteiger charge is 2.68. The molecule has 274 valence electrons. The van der Waals surface area contributed by atoms with Crippen molar-refractivity contribution >= 4 is 41.0 Å². The van der Waals surface area contributed by atoms with Crippen LogP contribution in [0.25, 0.3) is 16.9 Å². The smallest absolute Gasteiger partial charge is 0.415 e. The van der Waals surface area contributed by atoms with Gasteiger partial charge in [-0.3, -0.25) is 19.3 Å². The Kier molecular flexibility index (Phi) is 8.40. The van der Waals surface area contributed by atoms with Gasteiger partial charge in [0.15, 0.2) is 11.4 Å². The van der Waals surface area contributed by atoms with Crippen LogP contribution in [0.5, 0.6) is 5.75 Å². The number of aliphatic hydroxyl groups is 4. The Bertz CT molecular complexity index is 2170. The van der Waals surface area contributed by atoms with Crippen LogP contribution in [0.4, 0.5) is 15.3 Å². The summed E-state index contributed by atoms with van der Waals surface area (Å²) in [6.07, 6.45) is -2.83. The number of nitrogens with two attached hydrogens (primary N) is 1. The van der Waals surface area contributed by atoms with Crippen molar-refractivity contribution in [3.63, 3.8) is 0 Å². The molecule has 0 saturated heterocycles. The fraction of sp³-hybridized carbons (Fsp3) is 0.289. The number of likely N-dealkylation sites (N-methyl/N-ethyl adjacent to an activating group) is 1. The molecule has 0 aromatic heterocycles. The van der Waals surface area contributed by atoms with E-state index in [9.17, 15) is 49.5 Å². The van der Waals surface area contributed by atoms with Gasteiger partial charge in [0.05, 0.1) is 29.3 Å². The highest BCUT2D eigenvalue weighted by Crippen LogP contribution is 2.56. The number of anilines is 1. The Morgan fingerprint density at radius 2 is 1.53 bits per heavy atom. The zero-order valence-corrected chi connectivity index (χ0v) is 28.7. The van der Waals surface area contributed by atoms with Gasteiger partial charge in [-0.2, -0.15) is 0 Å². The molecule has 0 aliphatic heterocycles. The first-order valence-electron chi connectivity index (χ1n) is 16.7. The third-order valence-electron chi connectivity index (χ3n) is 10.9. The van der Waals surface area contributed by atoms with Crippen molar-refractivity contribution in [2.45, 2.75) is 36.5 Å². The third kappa shape index (κ3) is 5.10. The zero-order chi connectivity index (χ0) is 38.3. The Hall–Kier alpha value is -6.03. The van der Waals surface area contributed by atoms with E-state index in [0.29, 0.717) is 0 Å². The largest absolute Gasteiger partial charge is 0.508 e. The van der Waals surface area contributed by atoms with E-state index in [1.165, 1.54) is 31.1 Å². The van der Waals surface area contributed by atoms with Crippen LogP contribution in [0.3, 0.4) is 0 Å². The summed E-state index contributed by atoms with van der Waals surface area (Å²) in [4.78, 5) is 66.7. The Labute approximate surface area is 302 Å². The van der Waals surface area contributed by atoms with E-state index in [0.717, 1.165) is 22.3 Å². The molecule has 15 heteroatoms. The van der Waals surface area contributed by atoms with Gasteiger partial charge in [0.25, 0.3) is 5.91 Å². The number of phenolic OH excluding ortho intramolecular Hbond substituents is 1. The molecule has 3 aromatic rings. The lowest BCUT2D eigenvalue weighted by Crippen LogP contribution is -2.70. The second-order valence-corrected chi connectivity index (χ2v) is 13.9. The standard InChI is InChI=1S/C38H36N4O11/c1-15-16-12-13-22(40-36(50)41-37(51)53-14-21-19-10-6-4-8-17(19)18-9-5-7-11-20(18)21)29(43)24(16)30(44)25-23(15)31(45)27-28(42(2)3)32(46)26(35(39)49)34(48)38(27,52)33(25)47/h4-13,15,21,23,27-28,31,43-45,48,52H,14H2,1-3H3,(H2,39,49)(H2,40,41,50,51). The summed E-state index contributed by atoms with van der Waals surface area (Å²) in [5, 5.41) is 61.9. The van der Waals surface area contributed by atoms with Crippen molar-refractivity contribution in [1.29, 1.82) is 0 Å². The van der Waals surface area contributed by atoms with Gasteiger partial charge in [-0.25, -0.2) is 14.9 Å². The van der Waals surface area contributed by atoms with Crippen LogP contribution in [0, 0.1) is 11.8 Å². The number of aliphatic hydroxyl groups excluding tert-OH is 3. The topological polar surface area (TPSA) is 249 Å². The lowest BCUT2D eigenvalue weighted by molar-refractivity contribution is -0.169. The summed E-state index contributed by atoms with van der Waals surface area (Å²) < 4.78 is 5.41. The van der Waals surface area contributed by atoms with Gasteiger partial charge in [-0.15, -0.1) is 0 Å². The van der Waals surface area contributed by atoms with Gasteiger partial charge < -0.3 is 41.3 Å². The number of hydrogen-bond acceptors (Lipinski definition) is 12. The summed E-state index contributed by atoms with van der Waals surface area (Å²) in [6.45, 7) is 1.51. The lowest BCUT2D eigenvalue weighted by Gasteiger charge is -2.53. The molecule has 53 heavy (non-hydrogen) atoms. The fourth-order valence-corrected chi connectivity index (χ4v) is 8.60. The van der Waals surface area contributed by atoms with Crippen molar-refractivity contribution < 1.29 is 54.2 Å². The number of carbonyl (C=O) groups is 5. The minimum absolute atomic E-state index is 0.0695. The number of ketones is 2. The minimum Gasteiger partial charge on any atom is -0.508 e. The number of alkyl carbamates (subject to hydrolysis) is 1. The Morgan fingerprint density at radius 3 is 2.11 bits per heavy atom.